The van der Waals surface area contributed by atoms with E-state index in [2.05, 4.69) is 40.7 Å². The molecule has 2 atom stereocenters. The van der Waals surface area contributed by atoms with Crippen molar-refractivity contribution >= 4 is 17.8 Å². The fourth-order valence-electron chi connectivity index (χ4n) is 5.94. The lowest BCUT2D eigenvalue weighted by Crippen LogP contribution is -2.47. The Hall–Kier alpha value is -2.63. The minimum Gasteiger partial charge on any atom is -0.487 e. The number of benzene rings is 1. The van der Waals surface area contributed by atoms with E-state index in [1.165, 1.54) is 44.9 Å². The minimum atomic E-state index is -0.464. The van der Waals surface area contributed by atoms with Crippen LogP contribution in [0.1, 0.15) is 117 Å². The van der Waals surface area contributed by atoms with Gasteiger partial charge in [0.1, 0.15) is 17.1 Å². The summed E-state index contributed by atoms with van der Waals surface area (Å²) in [5.41, 5.74) is 2.07. The average molecular weight is 498 g/mol. The zero-order valence-electron chi connectivity index (χ0n) is 23.3. The summed E-state index contributed by atoms with van der Waals surface area (Å²) in [7, 11) is 0. The molecular weight excluding hydrogens is 454 g/mol. The maximum atomic E-state index is 12.3. The van der Waals surface area contributed by atoms with Crippen LogP contribution in [0.4, 0.5) is 0 Å². The van der Waals surface area contributed by atoms with Crippen LogP contribution in [0, 0.1) is 5.92 Å². The van der Waals surface area contributed by atoms with Crippen molar-refractivity contribution in [1.82, 2.24) is 4.90 Å². The Kier molecular flexibility index (Phi) is 8.37. The van der Waals surface area contributed by atoms with Crippen molar-refractivity contribution in [2.45, 2.75) is 117 Å². The second-order valence-corrected chi connectivity index (χ2v) is 11.6. The summed E-state index contributed by atoms with van der Waals surface area (Å²) < 4.78 is 12.4. The minimum absolute atomic E-state index is 0.0546. The van der Waals surface area contributed by atoms with Gasteiger partial charge in [-0.2, -0.15) is 0 Å². The number of ether oxygens (including phenoxy) is 2. The van der Waals surface area contributed by atoms with Crippen LogP contribution >= 0.6 is 0 Å². The highest BCUT2D eigenvalue weighted by molar-refractivity contribution is 5.95. The molecule has 1 aromatic rings. The number of carbonyl (C=O) groups excluding carboxylic acids is 3. The van der Waals surface area contributed by atoms with E-state index in [1.807, 2.05) is 12.1 Å². The number of amides is 2. The molecule has 1 heterocycles. The second kappa shape index (κ2) is 10.8. The number of fused-ring (bicyclic) bond motifs is 3. The quantitative estimate of drug-likeness (QED) is 0.224. The molecule has 0 saturated carbocycles. The molecule has 0 bridgehead atoms. The number of hydrogen-bond donors (Lipinski definition) is 0. The lowest BCUT2D eigenvalue weighted by atomic mass is 9.67. The van der Waals surface area contributed by atoms with Crippen molar-refractivity contribution < 1.29 is 23.9 Å². The van der Waals surface area contributed by atoms with Gasteiger partial charge in [0, 0.05) is 43.9 Å². The Balaban J connectivity index is 2.09. The fraction of sp³-hybridized carbons (Fsp3) is 0.633. The Morgan fingerprint density at radius 3 is 2.33 bits per heavy atom. The molecule has 6 heteroatoms. The first-order chi connectivity index (χ1) is 16.8. The maximum absolute atomic E-state index is 12.3. The van der Waals surface area contributed by atoms with Crippen molar-refractivity contribution in [2.24, 2.45) is 5.92 Å². The lowest BCUT2D eigenvalue weighted by molar-refractivity contribution is -0.140. The van der Waals surface area contributed by atoms with Crippen LogP contribution in [0.15, 0.2) is 23.9 Å². The number of rotatable bonds is 8. The van der Waals surface area contributed by atoms with Crippen molar-refractivity contribution in [1.29, 1.82) is 0 Å². The molecule has 1 aliphatic carbocycles. The van der Waals surface area contributed by atoms with Gasteiger partial charge in [-0.05, 0) is 56.2 Å². The highest BCUT2D eigenvalue weighted by atomic mass is 16.5. The zero-order valence-corrected chi connectivity index (χ0v) is 23.3. The Labute approximate surface area is 216 Å². The molecule has 2 amide bonds. The molecule has 0 fully saturated rings. The Morgan fingerprint density at radius 1 is 1.08 bits per heavy atom. The van der Waals surface area contributed by atoms with Gasteiger partial charge in [-0.3, -0.25) is 19.3 Å². The van der Waals surface area contributed by atoms with Crippen molar-refractivity contribution in [2.75, 3.05) is 0 Å². The molecule has 0 radical (unpaired) electrons. The molecule has 0 N–H and O–H groups in total. The van der Waals surface area contributed by atoms with Crippen LogP contribution in [0.25, 0.3) is 0 Å². The summed E-state index contributed by atoms with van der Waals surface area (Å²) >= 11 is 0. The van der Waals surface area contributed by atoms with E-state index in [9.17, 15) is 14.4 Å². The molecule has 198 valence electrons. The number of imide groups is 1. The van der Waals surface area contributed by atoms with E-state index in [1.54, 1.807) is 0 Å². The molecule has 0 saturated heterocycles. The SMILES string of the molecule is CCCCCCC(C)(C)c1cc(OC(C)=O)c2c(c1)OC(C)(C)C1CC=C(N(C(C)=O)C(C)=O)CC21. The molecule has 6 nitrogen and oxygen atoms in total. The fourth-order valence-corrected chi connectivity index (χ4v) is 5.94. The molecule has 2 aliphatic rings. The van der Waals surface area contributed by atoms with Crippen LogP contribution in [-0.4, -0.2) is 28.3 Å². The predicted molar refractivity (Wildman–Crippen MR) is 141 cm³/mol. The van der Waals surface area contributed by atoms with Gasteiger partial charge in [-0.15, -0.1) is 0 Å². The van der Waals surface area contributed by atoms with E-state index >= 15 is 0 Å². The van der Waals surface area contributed by atoms with E-state index < -0.39 is 5.60 Å². The second-order valence-electron chi connectivity index (χ2n) is 11.6. The molecule has 1 aromatic carbocycles. The van der Waals surface area contributed by atoms with Crippen LogP contribution in [0.3, 0.4) is 0 Å². The number of nitrogens with zero attached hydrogens (tertiary/aromatic N) is 1. The summed E-state index contributed by atoms with van der Waals surface area (Å²) in [5.74, 6) is 0.351. The van der Waals surface area contributed by atoms with Crippen LogP contribution in [-0.2, 0) is 19.8 Å². The van der Waals surface area contributed by atoms with E-state index in [-0.39, 0.29) is 35.0 Å². The van der Waals surface area contributed by atoms with Gasteiger partial charge in [0.2, 0.25) is 11.8 Å². The third-order valence-electron chi connectivity index (χ3n) is 7.87. The van der Waals surface area contributed by atoms with Crippen LogP contribution in [0.5, 0.6) is 11.5 Å². The molecule has 2 unspecified atom stereocenters. The van der Waals surface area contributed by atoms with Gasteiger partial charge in [0.15, 0.2) is 0 Å². The van der Waals surface area contributed by atoms with Crippen molar-refractivity contribution in [3.8, 4) is 11.5 Å². The van der Waals surface area contributed by atoms with Gasteiger partial charge in [-0.25, -0.2) is 0 Å². The first-order valence-corrected chi connectivity index (χ1v) is 13.3. The first-order valence-electron chi connectivity index (χ1n) is 13.3. The van der Waals surface area contributed by atoms with E-state index in [4.69, 9.17) is 9.47 Å². The van der Waals surface area contributed by atoms with E-state index in [0.29, 0.717) is 24.3 Å². The van der Waals surface area contributed by atoms with Crippen LogP contribution < -0.4 is 9.47 Å². The smallest absolute Gasteiger partial charge is 0.308 e. The number of esters is 1. The standard InChI is InChI=1S/C30H43NO5/c1-9-10-11-12-15-29(5,6)22-16-26(35-21(4)34)28-24-18-23(31(19(2)32)20(3)33)13-14-25(24)30(7,8)36-27(28)17-22/h13,16-17,24-25H,9-12,14-15,18H2,1-8H3. The monoisotopic (exact) mass is 497 g/mol. The van der Waals surface area contributed by atoms with Gasteiger partial charge in [-0.1, -0.05) is 52.5 Å². The molecule has 3 rings (SSSR count). The molecular formula is C30H43NO5. The number of allylic oxidation sites excluding steroid dienone is 2. The highest BCUT2D eigenvalue weighted by Crippen LogP contribution is 2.55. The molecule has 0 aromatic heterocycles. The predicted octanol–water partition coefficient (Wildman–Crippen LogP) is 6.80. The average Bonchev–Trinajstić information content (AvgIpc) is 2.75. The first kappa shape index (κ1) is 27.9. The number of hydrogen-bond acceptors (Lipinski definition) is 5. The third-order valence-corrected chi connectivity index (χ3v) is 7.87. The maximum Gasteiger partial charge on any atom is 0.308 e. The summed E-state index contributed by atoms with van der Waals surface area (Å²) in [6, 6.07) is 4.12. The number of carbonyl (C=O) groups is 3. The number of unbranched alkanes of at least 4 members (excludes halogenated alkanes) is 3. The van der Waals surface area contributed by atoms with Crippen LogP contribution in [0.2, 0.25) is 0 Å². The Bertz CT molecular complexity index is 1040. The third kappa shape index (κ3) is 5.84. The molecule has 0 spiro atoms. The zero-order chi connectivity index (χ0) is 26.8. The van der Waals surface area contributed by atoms with Gasteiger partial charge >= 0.3 is 5.97 Å². The lowest BCUT2D eigenvalue weighted by Gasteiger charge is -2.48. The summed E-state index contributed by atoms with van der Waals surface area (Å²) in [5, 5.41) is 0. The summed E-state index contributed by atoms with van der Waals surface area (Å²) in [4.78, 5) is 38.0. The molecule has 36 heavy (non-hydrogen) atoms. The molecule has 1 aliphatic heterocycles. The van der Waals surface area contributed by atoms with Crippen molar-refractivity contribution in [3.05, 3.63) is 35.0 Å². The summed E-state index contributed by atoms with van der Waals surface area (Å²) in [6.45, 7) is 15.1. The van der Waals surface area contributed by atoms with E-state index in [0.717, 1.165) is 29.7 Å². The topological polar surface area (TPSA) is 72.9 Å². The summed E-state index contributed by atoms with van der Waals surface area (Å²) in [6.07, 6.45) is 8.94. The van der Waals surface area contributed by atoms with Gasteiger partial charge < -0.3 is 9.47 Å². The highest BCUT2D eigenvalue weighted by Gasteiger charge is 2.47. The van der Waals surface area contributed by atoms with Crippen molar-refractivity contribution in [3.63, 3.8) is 0 Å². The van der Waals surface area contributed by atoms with Gasteiger partial charge in [0.25, 0.3) is 0 Å². The normalized spacial score (nSPS) is 20.4. The Morgan fingerprint density at radius 2 is 1.75 bits per heavy atom. The van der Waals surface area contributed by atoms with Gasteiger partial charge in [0.05, 0.1) is 0 Å². The largest absolute Gasteiger partial charge is 0.487 e.